The number of imidazole rings is 1. The van der Waals surface area contributed by atoms with Crippen molar-refractivity contribution < 1.29 is 21.3 Å². The molecule has 0 saturated carbocycles. The minimum absolute atomic E-state index is 0.0557. The molecule has 0 bridgehead atoms. The summed E-state index contributed by atoms with van der Waals surface area (Å²) < 4.78 is 91.6. The molecule has 4 rings (SSSR count). The van der Waals surface area contributed by atoms with Gasteiger partial charge in [-0.1, -0.05) is 0 Å². The highest BCUT2D eigenvalue weighted by atomic mass is 32.2. The van der Waals surface area contributed by atoms with Crippen LogP contribution in [0.2, 0.25) is 0 Å². The van der Waals surface area contributed by atoms with Gasteiger partial charge in [-0.15, -0.1) is 0 Å². The van der Waals surface area contributed by atoms with Crippen molar-refractivity contribution in [2.45, 2.75) is 17.8 Å². The van der Waals surface area contributed by atoms with Crippen LogP contribution < -0.4 is 4.74 Å². The van der Waals surface area contributed by atoms with Crippen molar-refractivity contribution in [1.29, 1.82) is 0 Å². The lowest BCUT2D eigenvalue weighted by Gasteiger charge is -2.08. The summed E-state index contributed by atoms with van der Waals surface area (Å²) in [6.45, 7) is 1.62. The van der Waals surface area contributed by atoms with Crippen molar-refractivity contribution in [2.24, 2.45) is 0 Å². The zero-order valence-electron chi connectivity index (χ0n) is 22.8. The van der Waals surface area contributed by atoms with Crippen LogP contribution in [0.25, 0.3) is 16.7 Å². The zero-order chi connectivity index (χ0) is 25.9. The van der Waals surface area contributed by atoms with E-state index in [1.54, 1.807) is 6.92 Å². The number of fused-ring (bicyclic) bond motifs is 1. The summed E-state index contributed by atoms with van der Waals surface area (Å²) in [6, 6.07) is -2.67. The Bertz CT molecular complexity index is 1520. The Morgan fingerprint density at radius 1 is 1.31 bits per heavy atom. The fraction of sp³-hybridized carbons (Fsp3) is 0.158. The van der Waals surface area contributed by atoms with Gasteiger partial charge in [0.2, 0.25) is 0 Å². The van der Waals surface area contributed by atoms with Crippen LogP contribution in [0.1, 0.15) is 23.6 Å². The van der Waals surface area contributed by atoms with Crippen molar-refractivity contribution in [3.8, 4) is 11.4 Å². The van der Waals surface area contributed by atoms with E-state index in [1.165, 1.54) is 7.11 Å². The summed E-state index contributed by atoms with van der Waals surface area (Å²) in [4.78, 5) is 10.9. The molecular weight excluding hydrogens is 348 g/mol. The van der Waals surface area contributed by atoms with E-state index in [0.717, 1.165) is 4.57 Å². The molecular formula is C19H18N4O2S. The highest BCUT2D eigenvalue weighted by molar-refractivity contribution is 7.84. The first-order valence-corrected chi connectivity index (χ1v) is 8.76. The molecule has 3 aromatic heterocycles. The molecule has 132 valence electrons. The van der Waals surface area contributed by atoms with E-state index in [0.29, 0.717) is 5.56 Å². The molecule has 6 nitrogen and oxygen atoms in total. The van der Waals surface area contributed by atoms with Gasteiger partial charge in [0.15, 0.2) is 5.16 Å². The second-order valence-electron chi connectivity index (χ2n) is 5.24. The first-order chi connectivity index (χ1) is 16.4. The van der Waals surface area contributed by atoms with E-state index in [4.69, 9.17) is 17.1 Å². The van der Waals surface area contributed by atoms with Gasteiger partial charge in [0.25, 0.3) is 0 Å². The van der Waals surface area contributed by atoms with E-state index in [2.05, 4.69) is 15.0 Å². The van der Waals surface area contributed by atoms with Crippen LogP contribution in [-0.2, 0) is 16.6 Å². The quantitative estimate of drug-likeness (QED) is 0.580. The molecule has 0 aliphatic carbocycles. The van der Waals surface area contributed by atoms with E-state index < -0.39 is 53.4 Å². The Labute approximate surface area is 166 Å². The molecule has 0 fully saturated rings. The van der Waals surface area contributed by atoms with Gasteiger partial charge in [0.1, 0.15) is 5.75 Å². The second-order valence-corrected chi connectivity index (χ2v) is 6.61. The topological polar surface area (TPSA) is 72.8 Å². The molecule has 3 heterocycles. The third-order valence-electron chi connectivity index (χ3n) is 3.67. The molecule has 1 N–H and O–H groups in total. The number of methoxy groups -OCH3 is 1. The molecule has 0 amide bonds. The molecule has 1 unspecified atom stereocenters. The van der Waals surface area contributed by atoms with Crippen LogP contribution >= 0.6 is 0 Å². The summed E-state index contributed by atoms with van der Waals surface area (Å²) in [6.07, 6.45) is -1.48. The molecule has 0 spiro atoms. The van der Waals surface area contributed by atoms with Crippen LogP contribution in [0.15, 0.2) is 59.9 Å². The predicted octanol–water partition coefficient (Wildman–Crippen LogP) is 3.37. The highest BCUT2D eigenvalue weighted by Gasteiger charge is 2.15. The van der Waals surface area contributed by atoms with Gasteiger partial charge in [-0.25, -0.2) is 4.98 Å². The van der Waals surface area contributed by atoms with E-state index >= 15 is 0 Å². The molecule has 0 aliphatic rings. The summed E-state index contributed by atoms with van der Waals surface area (Å²) in [5.74, 6) is -0.0656. The second kappa shape index (κ2) is 6.76. The average molecular weight is 376 g/mol. The van der Waals surface area contributed by atoms with Gasteiger partial charge >= 0.3 is 0 Å². The maximum atomic E-state index is 13.1. The minimum atomic E-state index is -1.88. The number of rotatable bonds is 5. The lowest BCUT2D eigenvalue weighted by atomic mass is 10.2. The van der Waals surface area contributed by atoms with Gasteiger partial charge < -0.3 is 14.3 Å². The normalized spacial score (nSPS) is 17.2. The van der Waals surface area contributed by atoms with Crippen LogP contribution in [0.5, 0.6) is 5.75 Å². The third kappa shape index (κ3) is 3.01. The van der Waals surface area contributed by atoms with Crippen LogP contribution in [0.3, 0.4) is 0 Å². The van der Waals surface area contributed by atoms with E-state index in [9.17, 15) is 4.21 Å². The molecule has 4 aromatic rings. The lowest BCUT2D eigenvalue weighted by molar-refractivity contribution is 0.410. The number of H-pyrrole nitrogens is 1. The Kier molecular flexibility index (Phi) is 2.38. The number of aromatic nitrogens is 4. The SMILES string of the molecule is [2H]c1nc(CS(=O)c2nc3c([2H])c([2H])c(-n4c([2H])c([2H])c([2H])c4[2H])c([2H])c3[nH]2)c(C)c(OC)c1[2H]. The molecule has 1 atom stereocenters. The maximum Gasteiger partial charge on any atom is 0.197 e. The molecule has 26 heavy (non-hydrogen) atoms. The van der Waals surface area contributed by atoms with Crippen molar-refractivity contribution >= 4 is 21.8 Å². The van der Waals surface area contributed by atoms with Crippen LogP contribution in [0.4, 0.5) is 0 Å². The van der Waals surface area contributed by atoms with E-state index in [-0.39, 0.29) is 51.3 Å². The number of ether oxygens (including phenoxy) is 1. The fourth-order valence-corrected chi connectivity index (χ4v) is 3.39. The van der Waals surface area contributed by atoms with Crippen molar-refractivity contribution in [1.82, 2.24) is 19.5 Å². The standard InChI is InChI=1S/C19H18N4O2S/c1-13-17(20-8-7-18(13)25-2)12-26(24)19-21-15-6-5-14(11-16(15)22-19)23-9-3-4-10-23/h3-11H,12H2,1-2H3,(H,21,22)/i3D,4D,5D,6D,7D,8D,9D,10D,11D. The molecule has 7 heteroatoms. The van der Waals surface area contributed by atoms with Crippen molar-refractivity contribution in [2.75, 3.05) is 7.11 Å². The van der Waals surface area contributed by atoms with Gasteiger partial charge in [0, 0.05) is 29.8 Å². The van der Waals surface area contributed by atoms with E-state index in [1.807, 2.05) is 0 Å². The van der Waals surface area contributed by atoms with Crippen molar-refractivity contribution in [3.63, 3.8) is 0 Å². The number of pyridine rings is 1. The largest absolute Gasteiger partial charge is 0.496 e. The molecule has 1 aromatic carbocycles. The number of aromatic amines is 1. The molecule has 0 radical (unpaired) electrons. The smallest absolute Gasteiger partial charge is 0.197 e. The highest BCUT2D eigenvalue weighted by Crippen LogP contribution is 2.22. The number of nitrogens with zero attached hydrogens (tertiary/aromatic N) is 3. The molecule has 0 saturated heterocycles. The van der Waals surface area contributed by atoms with Gasteiger partial charge in [-0.3, -0.25) is 9.19 Å². The number of nitrogens with one attached hydrogen (secondary N) is 1. The van der Waals surface area contributed by atoms with Crippen molar-refractivity contribution in [3.05, 3.63) is 66.0 Å². The fourth-order valence-electron chi connectivity index (χ4n) is 2.32. The summed E-state index contributed by atoms with van der Waals surface area (Å²) in [5, 5.41) is -0.118. The van der Waals surface area contributed by atoms with Gasteiger partial charge in [-0.2, -0.15) is 0 Å². The summed E-state index contributed by atoms with van der Waals surface area (Å²) in [7, 11) is -0.532. The van der Waals surface area contributed by atoms with Crippen LogP contribution in [0, 0.1) is 6.92 Å². The predicted molar refractivity (Wildman–Crippen MR) is 101 cm³/mol. The Balaban J connectivity index is 1.84. The first-order valence-electron chi connectivity index (χ1n) is 11.9. The summed E-state index contributed by atoms with van der Waals surface area (Å²) in [5.41, 5.74) is 0.181. The first kappa shape index (κ1) is 9.14. The Morgan fingerprint density at radius 3 is 2.88 bits per heavy atom. The zero-order valence-corrected chi connectivity index (χ0v) is 14.6. The summed E-state index contributed by atoms with van der Waals surface area (Å²) >= 11 is 0. The minimum Gasteiger partial charge on any atom is -0.496 e. The molecule has 0 aliphatic heterocycles. The van der Waals surface area contributed by atoms with Crippen LogP contribution in [-0.4, -0.2) is 30.8 Å². The third-order valence-corrected chi connectivity index (χ3v) is 4.83. The van der Waals surface area contributed by atoms with Gasteiger partial charge in [0.05, 0.1) is 52.7 Å². The number of benzene rings is 1. The number of hydrogen-bond donors (Lipinski definition) is 1. The Hall–Kier alpha value is -2.93. The lowest BCUT2D eigenvalue weighted by Crippen LogP contribution is -2.03. The van der Waals surface area contributed by atoms with Gasteiger partial charge in [-0.05, 0) is 43.2 Å². The Morgan fingerprint density at radius 2 is 2.12 bits per heavy atom. The average Bonchev–Trinajstić information content (AvgIpc) is 3.35. The monoisotopic (exact) mass is 375 g/mol. The number of hydrogen-bond acceptors (Lipinski definition) is 4. The maximum absolute atomic E-state index is 13.1.